The van der Waals surface area contributed by atoms with E-state index in [2.05, 4.69) is 5.32 Å². The Morgan fingerprint density at radius 1 is 1.35 bits per heavy atom. The predicted octanol–water partition coefficient (Wildman–Crippen LogP) is 2.87. The third kappa shape index (κ3) is 2.35. The van der Waals surface area contributed by atoms with Crippen LogP contribution in [0, 0.1) is 0 Å². The van der Waals surface area contributed by atoms with Gasteiger partial charge in [-0.15, -0.1) is 0 Å². The number of nitrogens with one attached hydrogen (secondary N) is 1. The summed E-state index contributed by atoms with van der Waals surface area (Å²) in [6.07, 6.45) is -5.68. The molecule has 2 atom stereocenters. The van der Waals surface area contributed by atoms with E-state index < -0.39 is 23.9 Å². The Bertz CT molecular complexity index is 445. The topological polar surface area (TPSA) is 38.3 Å². The van der Waals surface area contributed by atoms with E-state index in [1.54, 1.807) is 6.92 Å². The van der Waals surface area contributed by atoms with Crippen LogP contribution in [0.25, 0.3) is 0 Å². The highest BCUT2D eigenvalue weighted by Gasteiger charge is 2.35. The first-order valence-electron chi connectivity index (χ1n) is 5.02. The number of hydrogen-bond acceptors (Lipinski definition) is 2. The Kier molecular flexibility index (Phi) is 2.73. The molecular weight excluding hydrogens is 235 g/mol. The molecule has 0 aliphatic carbocycles. The van der Waals surface area contributed by atoms with E-state index in [1.165, 1.54) is 12.1 Å². The summed E-state index contributed by atoms with van der Waals surface area (Å²) in [5.74, 6) is 0. The van der Waals surface area contributed by atoms with Gasteiger partial charge in [-0.1, -0.05) is 12.1 Å². The minimum atomic E-state index is -4.39. The number of alkyl halides is 3. The van der Waals surface area contributed by atoms with E-state index in [0.717, 1.165) is 12.1 Å². The van der Waals surface area contributed by atoms with Gasteiger partial charge in [0, 0.05) is 0 Å². The summed E-state index contributed by atoms with van der Waals surface area (Å²) in [6.45, 7) is 1.68. The molecule has 0 saturated carbocycles. The normalized spacial score (nSPS) is 24.4. The van der Waals surface area contributed by atoms with Crippen molar-refractivity contribution in [3.8, 4) is 0 Å². The summed E-state index contributed by atoms with van der Waals surface area (Å²) in [6, 6.07) is 4.46. The lowest BCUT2D eigenvalue weighted by molar-refractivity contribution is -0.137. The maximum Gasteiger partial charge on any atom is 0.416 e. The summed E-state index contributed by atoms with van der Waals surface area (Å²) in [5, 5.41) is 2.48. The number of amides is 1. The molecule has 1 amide bonds. The molecular formula is C11H10F3NO2. The molecule has 1 saturated heterocycles. The van der Waals surface area contributed by atoms with Crippen LogP contribution in [-0.4, -0.2) is 12.1 Å². The Morgan fingerprint density at radius 3 is 2.59 bits per heavy atom. The van der Waals surface area contributed by atoms with Crippen molar-refractivity contribution in [2.45, 2.75) is 25.2 Å². The van der Waals surface area contributed by atoms with Crippen LogP contribution in [0.2, 0.25) is 0 Å². The standard InChI is InChI=1S/C11H10F3NO2/c1-6-9(17-10(16)15-6)7-3-2-4-8(5-7)11(12,13)14/h2-6,9H,1H3,(H,15,16). The van der Waals surface area contributed by atoms with Crippen LogP contribution in [0.1, 0.15) is 24.2 Å². The van der Waals surface area contributed by atoms with E-state index in [9.17, 15) is 18.0 Å². The van der Waals surface area contributed by atoms with Gasteiger partial charge in [0.25, 0.3) is 0 Å². The second-order valence-corrected chi connectivity index (χ2v) is 3.88. The van der Waals surface area contributed by atoms with E-state index in [1.807, 2.05) is 0 Å². The number of hydrogen-bond donors (Lipinski definition) is 1. The number of carbonyl (C=O) groups is 1. The second-order valence-electron chi connectivity index (χ2n) is 3.88. The largest absolute Gasteiger partial charge is 0.439 e. The van der Waals surface area contributed by atoms with Gasteiger partial charge in [-0.3, -0.25) is 0 Å². The van der Waals surface area contributed by atoms with Gasteiger partial charge in [0.1, 0.15) is 6.10 Å². The fourth-order valence-electron chi connectivity index (χ4n) is 1.76. The number of cyclic esters (lactones) is 1. The zero-order valence-electron chi connectivity index (χ0n) is 8.91. The number of benzene rings is 1. The SMILES string of the molecule is CC1NC(=O)OC1c1cccc(C(F)(F)F)c1. The molecule has 2 rings (SSSR count). The second kappa shape index (κ2) is 3.94. The minimum absolute atomic E-state index is 0.339. The van der Waals surface area contributed by atoms with Crippen LogP contribution < -0.4 is 5.32 Å². The quantitative estimate of drug-likeness (QED) is 0.826. The van der Waals surface area contributed by atoms with Crippen molar-refractivity contribution in [1.29, 1.82) is 0 Å². The van der Waals surface area contributed by atoms with Gasteiger partial charge >= 0.3 is 12.3 Å². The van der Waals surface area contributed by atoms with Crippen molar-refractivity contribution in [3.05, 3.63) is 35.4 Å². The number of halogens is 3. The van der Waals surface area contributed by atoms with E-state index in [-0.39, 0.29) is 6.04 Å². The summed E-state index contributed by atoms with van der Waals surface area (Å²) >= 11 is 0. The lowest BCUT2D eigenvalue weighted by Gasteiger charge is -2.15. The van der Waals surface area contributed by atoms with Crippen LogP contribution in [0.15, 0.2) is 24.3 Å². The van der Waals surface area contributed by atoms with Crippen LogP contribution >= 0.6 is 0 Å². The van der Waals surface area contributed by atoms with Crippen LogP contribution in [0.5, 0.6) is 0 Å². The molecule has 2 unspecified atom stereocenters. The zero-order valence-corrected chi connectivity index (χ0v) is 8.91. The smallest absolute Gasteiger partial charge is 0.416 e. The van der Waals surface area contributed by atoms with Crippen molar-refractivity contribution < 1.29 is 22.7 Å². The van der Waals surface area contributed by atoms with Crippen LogP contribution in [0.3, 0.4) is 0 Å². The molecule has 6 heteroatoms. The highest BCUT2D eigenvalue weighted by molar-refractivity contribution is 5.70. The van der Waals surface area contributed by atoms with E-state index in [0.29, 0.717) is 5.56 Å². The summed E-state index contributed by atoms with van der Waals surface area (Å²) in [5.41, 5.74) is -0.407. The van der Waals surface area contributed by atoms with Gasteiger partial charge in [-0.25, -0.2) is 4.79 Å². The van der Waals surface area contributed by atoms with Gasteiger partial charge in [0.05, 0.1) is 11.6 Å². The first-order valence-corrected chi connectivity index (χ1v) is 5.02. The van der Waals surface area contributed by atoms with Gasteiger partial charge in [-0.05, 0) is 24.6 Å². The predicted molar refractivity (Wildman–Crippen MR) is 53.3 cm³/mol. The van der Waals surface area contributed by atoms with Gasteiger partial charge in [-0.2, -0.15) is 13.2 Å². The average molecular weight is 245 g/mol. The van der Waals surface area contributed by atoms with Crippen molar-refractivity contribution in [1.82, 2.24) is 5.32 Å². The molecule has 1 aromatic carbocycles. The third-order valence-electron chi connectivity index (χ3n) is 2.58. The molecule has 0 bridgehead atoms. The Labute approximate surface area is 95.6 Å². The lowest BCUT2D eigenvalue weighted by atomic mass is 10.0. The number of alkyl carbamates (subject to hydrolysis) is 1. The van der Waals surface area contributed by atoms with Gasteiger partial charge in [0.15, 0.2) is 0 Å². The highest BCUT2D eigenvalue weighted by atomic mass is 19.4. The molecule has 0 radical (unpaired) electrons. The molecule has 1 aromatic rings. The molecule has 92 valence electrons. The molecule has 1 N–H and O–H groups in total. The van der Waals surface area contributed by atoms with E-state index in [4.69, 9.17) is 4.74 Å². The maximum atomic E-state index is 12.5. The van der Waals surface area contributed by atoms with Crippen molar-refractivity contribution in [2.75, 3.05) is 0 Å². The molecule has 1 heterocycles. The van der Waals surface area contributed by atoms with Crippen molar-refractivity contribution >= 4 is 6.09 Å². The monoisotopic (exact) mass is 245 g/mol. The van der Waals surface area contributed by atoms with Gasteiger partial charge < -0.3 is 10.1 Å². The molecule has 3 nitrogen and oxygen atoms in total. The van der Waals surface area contributed by atoms with Crippen molar-refractivity contribution in [3.63, 3.8) is 0 Å². The summed E-state index contributed by atoms with van der Waals surface area (Å²) in [7, 11) is 0. The van der Waals surface area contributed by atoms with E-state index >= 15 is 0 Å². The number of ether oxygens (including phenoxy) is 1. The molecule has 1 aliphatic heterocycles. The fraction of sp³-hybridized carbons (Fsp3) is 0.364. The maximum absolute atomic E-state index is 12.5. The molecule has 0 spiro atoms. The lowest BCUT2D eigenvalue weighted by Crippen LogP contribution is -2.24. The zero-order chi connectivity index (χ0) is 12.6. The minimum Gasteiger partial charge on any atom is -0.439 e. The Hall–Kier alpha value is -1.72. The van der Waals surface area contributed by atoms with Crippen LogP contribution in [0.4, 0.5) is 18.0 Å². The van der Waals surface area contributed by atoms with Crippen molar-refractivity contribution in [2.24, 2.45) is 0 Å². The number of rotatable bonds is 1. The molecule has 1 aliphatic rings. The fourth-order valence-corrected chi connectivity index (χ4v) is 1.76. The Morgan fingerprint density at radius 2 is 2.06 bits per heavy atom. The summed E-state index contributed by atoms with van der Waals surface area (Å²) < 4.78 is 42.4. The average Bonchev–Trinajstić information content (AvgIpc) is 2.57. The Balaban J connectivity index is 2.31. The first-order chi connectivity index (χ1) is 7.88. The number of carbonyl (C=O) groups excluding carboxylic acids is 1. The summed E-state index contributed by atoms with van der Waals surface area (Å²) in [4.78, 5) is 11.0. The third-order valence-corrected chi connectivity index (χ3v) is 2.58. The molecule has 0 aromatic heterocycles. The molecule has 17 heavy (non-hydrogen) atoms. The first kappa shape index (κ1) is 11.8. The molecule has 1 fully saturated rings. The highest BCUT2D eigenvalue weighted by Crippen LogP contribution is 2.33. The van der Waals surface area contributed by atoms with Gasteiger partial charge in [0.2, 0.25) is 0 Å². The van der Waals surface area contributed by atoms with Crippen LogP contribution in [-0.2, 0) is 10.9 Å².